The zero-order chi connectivity index (χ0) is 13.8. The van der Waals surface area contributed by atoms with Crippen LogP contribution < -0.4 is 5.32 Å². The lowest BCUT2D eigenvalue weighted by Gasteiger charge is -2.30. The van der Waals surface area contributed by atoms with Crippen LogP contribution in [0.5, 0.6) is 0 Å². The van der Waals surface area contributed by atoms with Crippen LogP contribution in [0, 0.1) is 0 Å². The van der Waals surface area contributed by atoms with Gasteiger partial charge < -0.3 is 10.2 Å². The maximum Gasteiger partial charge on any atom is 0.169 e. The fourth-order valence-electron chi connectivity index (χ4n) is 3.38. The Kier molecular flexibility index (Phi) is 4.56. The molecule has 0 saturated heterocycles. The van der Waals surface area contributed by atoms with Gasteiger partial charge in [-0.15, -0.1) is 0 Å². The molecule has 0 spiro atoms. The molecule has 1 N–H and O–H groups in total. The summed E-state index contributed by atoms with van der Waals surface area (Å²) in [6, 6.07) is 9.43. The maximum absolute atomic E-state index is 5.64. The molecule has 2 nitrogen and oxygen atoms in total. The zero-order valence-electron chi connectivity index (χ0n) is 12.1. The average molecular weight is 288 g/mol. The Hall–Kier alpha value is -1.09. The van der Waals surface area contributed by atoms with Gasteiger partial charge in [0.15, 0.2) is 5.11 Å². The highest BCUT2D eigenvalue weighted by atomic mass is 32.1. The van der Waals surface area contributed by atoms with E-state index in [1.54, 1.807) is 0 Å². The molecule has 3 rings (SSSR count). The summed E-state index contributed by atoms with van der Waals surface area (Å²) in [5.74, 6) is 0. The van der Waals surface area contributed by atoms with Gasteiger partial charge in [0.1, 0.15) is 0 Å². The molecular weight excluding hydrogens is 264 g/mol. The molecule has 2 aliphatic rings. The third-order valence-corrected chi connectivity index (χ3v) is 5.02. The minimum atomic E-state index is 0.613. The van der Waals surface area contributed by atoms with Gasteiger partial charge in [0.05, 0.1) is 0 Å². The van der Waals surface area contributed by atoms with Crippen molar-refractivity contribution >= 4 is 17.3 Å². The van der Waals surface area contributed by atoms with Crippen LogP contribution in [0.25, 0.3) is 0 Å². The van der Waals surface area contributed by atoms with E-state index in [2.05, 4.69) is 34.5 Å². The highest BCUT2D eigenvalue weighted by Crippen LogP contribution is 2.19. The van der Waals surface area contributed by atoms with E-state index in [-0.39, 0.29) is 0 Å². The molecule has 1 aromatic rings. The third kappa shape index (κ3) is 3.32. The second kappa shape index (κ2) is 6.57. The maximum atomic E-state index is 5.64. The van der Waals surface area contributed by atoms with E-state index < -0.39 is 0 Å². The molecule has 1 saturated carbocycles. The van der Waals surface area contributed by atoms with Crippen molar-refractivity contribution in [2.24, 2.45) is 0 Å². The first-order chi connectivity index (χ1) is 9.83. The fourth-order valence-corrected chi connectivity index (χ4v) is 3.73. The highest BCUT2D eigenvalue weighted by molar-refractivity contribution is 7.80. The van der Waals surface area contributed by atoms with E-state index in [0.29, 0.717) is 6.04 Å². The van der Waals surface area contributed by atoms with Crippen LogP contribution in [-0.2, 0) is 12.8 Å². The van der Waals surface area contributed by atoms with Crippen molar-refractivity contribution in [2.45, 2.75) is 51.0 Å². The summed E-state index contributed by atoms with van der Waals surface area (Å²) < 4.78 is 0. The van der Waals surface area contributed by atoms with Crippen molar-refractivity contribution in [3.8, 4) is 0 Å². The predicted molar refractivity (Wildman–Crippen MR) is 88.0 cm³/mol. The van der Waals surface area contributed by atoms with Crippen molar-refractivity contribution in [1.82, 2.24) is 10.2 Å². The first-order valence-electron chi connectivity index (χ1n) is 7.95. The number of nitrogens with zero attached hydrogens (tertiary/aromatic N) is 1. The normalized spacial score (nSPS) is 20.1. The van der Waals surface area contributed by atoms with Crippen molar-refractivity contribution in [3.05, 3.63) is 35.4 Å². The number of hydrogen-bond acceptors (Lipinski definition) is 1. The summed E-state index contributed by atoms with van der Waals surface area (Å²) in [5.41, 5.74) is 2.99. The SMILES string of the molecule is S=C(NC1CCCCC1)N1CCc2ccccc2CC1. The van der Waals surface area contributed by atoms with Gasteiger partial charge in [-0.25, -0.2) is 0 Å². The second-order valence-electron chi connectivity index (χ2n) is 6.04. The molecule has 0 aromatic heterocycles. The Morgan fingerprint density at radius 3 is 2.20 bits per heavy atom. The van der Waals surface area contributed by atoms with E-state index in [1.165, 1.54) is 43.2 Å². The number of nitrogens with one attached hydrogen (secondary N) is 1. The van der Waals surface area contributed by atoms with E-state index in [9.17, 15) is 0 Å². The predicted octanol–water partition coefficient (Wildman–Crippen LogP) is 3.29. The summed E-state index contributed by atoms with van der Waals surface area (Å²) in [6.07, 6.45) is 8.90. The summed E-state index contributed by atoms with van der Waals surface area (Å²) in [5, 5.41) is 4.58. The minimum absolute atomic E-state index is 0.613. The van der Waals surface area contributed by atoms with Crippen molar-refractivity contribution in [3.63, 3.8) is 0 Å². The van der Waals surface area contributed by atoms with Gasteiger partial charge in [0, 0.05) is 19.1 Å². The van der Waals surface area contributed by atoms with Crippen molar-refractivity contribution in [2.75, 3.05) is 13.1 Å². The average Bonchev–Trinajstić information content (AvgIpc) is 2.71. The summed E-state index contributed by atoms with van der Waals surface area (Å²) in [7, 11) is 0. The minimum Gasteiger partial charge on any atom is -0.360 e. The lowest BCUT2D eigenvalue weighted by atomic mass is 9.96. The number of hydrogen-bond donors (Lipinski definition) is 1. The van der Waals surface area contributed by atoms with Gasteiger partial charge in [0.25, 0.3) is 0 Å². The van der Waals surface area contributed by atoms with Crippen LogP contribution in [0.15, 0.2) is 24.3 Å². The number of fused-ring (bicyclic) bond motifs is 1. The Balaban J connectivity index is 1.57. The van der Waals surface area contributed by atoms with Crippen LogP contribution >= 0.6 is 12.2 Å². The molecule has 1 heterocycles. The van der Waals surface area contributed by atoms with Gasteiger partial charge in [-0.05, 0) is 49.0 Å². The largest absolute Gasteiger partial charge is 0.360 e. The molecule has 1 aliphatic carbocycles. The van der Waals surface area contributed by atoms with Gasteiger partial charge in [-0.1, -0.05) is 43.5 Å². The molecule has 1 aromatic carbocycles. The van der Waals surface area contributed by atoms with E-state index in [0.717, 1.165) is 31.0 Å². The highest BCUT2D eigenvalue weighted by Gasteiger charge is 2.19. The van der Waals surface area contributed by atoms with E-state index >= 15 is 0 Å². The number of thiocarbonyl (C=S) groups is 1. The standard InChI is InChI=1S/C17H24N2S/c20-17(18-16-8-2-1-3-9-16)19-12-10-14-6-4-5-7-15(14)11-13-19/h4-7,16H,1-3,8-13H2,(H,18,20). The Morgan fingerprint density at radius 1 is 1.00 bits per heavy atom. The van der Waals surface area contributed by atoms with Crippen molar-refractivity contribution < 1.29 is 0 Å². The van der Waals surface area contributed by atoms with Gasteiger partial charge in [-0.2, -0.15) is 0 Å². The first-order valence-corrected chi connectivity index (χ1v) is 8.36. The van der Waals surface area contributed by atoms with Crippen LogP contribution in [-0.4, -0.2) is 29.1 Å². The van der Waals surface area contributed by atoms with Crippen LogP contribution in [0.3, 0.4) is 0 Å². The molecule has 0 atom stereocenters. The van der Waals surface area contributed by atoms with Gasteiger partial charge >= 0.3 is 0 Å². The molecule has 0 radical (unpaired) electrons. The molecule has 0 unspecified atom stereocenters. The molecule has 1 fully saturated rings. The smallest absolute Gasteiger partial charge is 0.169 e. The molecule has 20 heavy (non-hydrogen) atoms. The molecule has 1 aliphatic heterocycles. The van der Waals surface area contributed by atoms with Crippen LogP contribution in [0.4, 0.5) is 0 Å². The Morgan fingerprint density at radius 2 is 1.60 bits per heavy atom. The third-order valence-electron chi connectivity index (χ3n) is 4.64. The zero-order valence-corrected chi connectivity index (χ0v) is 12.9. The molecule has 108 valence electrons. The van der Waals surface area contributed by atoms with Crippen LogP contribution in [0.1, 0.15) is 43.2 Å². The first kappa shape index (κ1) is 13.9. The lowest BCUT2D eigenvalue weighted by molar-refractivity contribution is 0.378. The summed E-state index contributed by atoms with van der Waals surface area (Å²) in [6.45, 7) is 2.10. The van der Waals surface area contributed by atoms with Crippen molar-refractivity contribution in [1.29, 1.82) is 0 Å². The van der Waals surface area contributed by atoms with Crippen LogP contribution in [0.2, 0.25) is 0 Å². The Bertz CT molecular complexity index is 439. The van der Waals surface area contributed by atoms with Gasteiger partial charge in [0.2, 0.25) is 0 Å². The molecular formula is C17H24N2S. The lowest BCUT2D eigenvalue weighted by Crippen LogP contribution is -2.46. The molecule has 0 bridgehead atoms. The van der Waals surface area contributed by atoms with E-state index in [1.807, 2.05) is 0 Å². The number of rotatable bonds is 1. The molecule has 0 amide bonds. The fraction of sp³-hybridized carbons (Fsp3) is 0.588. The van der Waals surface area contributed by atoms with E-state index in [4.69, 9.17) is 12.2 Å². The quantitative estimate of drug-likeness (QED) is 0.798. The Labute approximate surface area is 127 Å². The summed E-state index contributed by atoms with van der Waals surface area (Å²) in [4.78, 5) is 2.37. The topological polar surface area (TPSA) is 15.3 Å². The molecule has 3 heteroatoms. The summed E-state index contributed by atoms with van der Waals surface area (Å²) >= 11 is 5.64. The van der Waals surface area contributed by atoms with Gasteiger partial charge in [-0.3, -0.25) is 0 Å². The number of benzene rings is 1. The monoisotopic (exact) mass is 288 g/mol. The second-order valence-corrected chi connectivity index (χ2v) is 6.43.